The van der Waals surface area contributed by atoms with E-state index in [9.17, 15) is 13.2 Å². The average Bonchev–Trinajstić information content (AvgIpc) is 3.07. The highest BCUT2D eigenvalue weighted by molar-refractivity contribution is 7.89. The van der Waals surface area contributed by atoms with Crippen LogP contribution < -0.4 is 4.72 Å². The lowest BCUT2D eigenvalue weighted by Crippen LogP contribution is -2.53. The fourth-order valence-corrected chi connectivity index (χ4v) is 5.09. The minimum absolute atomic E-state index is 0.00783. The molecule has 26 heavy (non-hydrogen) atoms. The van der Waals surface area contributed by atoms with Crippen LogP contribution in [0.5, 0.6) is 0 Å². The number of sulfonamides is 1. The van der Waals surface area contributed by atoms with Crippen LogP contribution in [0.1, 0.15) is 32.6 Å². The van der Waals surface area contributed by atoms with Gasteiger partial charge in [-0.1, -0.05) is 42.1 Å². The van der Waals surface area contributed by atoms with Crippen molar-refractivity contribution in [2.24, 2.45) is 0 Å². The maximum Gasteiger partial charge on any atom is 0.327 e. The zero-order valence-electron chi connectivity index (χ0n) is 14.1. The van der Waals surface area contributed by atoms with Gasteiger partial charge in [-0.25, -0.2) is 13.4 Å². The number of nitrogens with one attached hydrogen (secondary N) is 1. The van der Waals surface area contributed by atoms with Crippen LogP contribution in [0.2, 0.25) is 10.2 Å². The summed E-state index contributed by atoms with van der Waals surface area (Å²) in [6.07, 6.45) is 3.74. The Hall–Kier alpha value is -1.41. The molecular formula is C17H18Cl2N2O4S. The van der Waals surface area contributed by atoms with Crippen molar-refractivity contribution in [3.8, 4) is 0 Å². The van der Waals surface area contributed by atoms with E-state index < -0.39 is 21.5 Å². The number of carbonyl (C=O) groups excluding carboxylic acids is 1. The lowest BCUT2D eigenvalue weighted by atomic mass is 10.00. The first kappa shape index (κ1) is 19.4. The van der Waals surface area contributed by atoms with E-state index in [1.165, 1.54) is 18.3 Å². The van der Waals surface area contributed by atoms with Crippen molar-refractivity contribution >= 4 is 50.0 Å². The zero-order valence-corrected chi connectivity index (χ0v) is 16.4. The van der Waals surface area contributed by atoms with Crippen molar-refractivity contribution in [1.29, 1.82) is 0 Å². The third kappa shape index (κ3) is 3.53. The molecule has 1 aliphatic carbocycles. The van der Waals surface area contributed by atoms with Crippen LogP contribution in [-0.2, 0) is 19.6 Å². The highest BCUT2D eigenvalue weighted by atomic mass is 35.5. The van der Waals surface area contributed by atoms with Crippen LogP contribution in [0.25, 0.3) is 10.8 Å². The molecule has 1 fully saturated rings. The maximum atomic E-state index is 12.9. The second kappa shape index (κ2) is 7.31. The van der Waals surface area contributed by atoms with Crippen molar-refractivity contribution < 1.29 is 17.9 Å². The first-order valence-corrected chi connectivity index (χ1v) is 10.5. The molecule has 9 heteroatoms. The number of halogens is 2. The van der Waals surface area contributed by atoms with Gasteiger partial charge in [-0.15, -0.1) is 0 Å². The summed E-state index contributed by atoms with van der Waals surface area (Å²) in [7, 11) is -3.97. The van der Waals surface area contributed by atoms with Crippen molar-refractivity contribution in [2.75, 3.05) is 6.61 Å². The number of pyridine rings is 1. The Bertz CT molecular complexity index is 957. The van der Waals surface area contributed by atoms with Gasteiger partial charge in [-0.3, -0.25) is 4.79 Å². The molecule has 1 aromatic carbocycles. The van der Waals surface area contributed by atoms with E-state index in [-0.39, 0.29) is 16.7 Å². The lowest BCUT2D eigenvalue weighted by Gasteiger charge is -2.27. The molecule has 6 nitrogen and oxygen atoms in total. The predicted octanol–water partition coefficient (Wildman–Crippen LogP) is 3.70. The molecule has 0 spiro atoms. The molecule has 2 aromatic rings. The summed E-state index contributed by atoms with van der Waals surface area (Å²) < 4.78 is 33.5. The number of esters is 1. The molecule has 0 amide bonds. The standard InChI is InChI=1S/C17H18Cl2N2O4S/c1-2-25-16(22)17(7-3-4-8-17)21-26(23,24)11-5-6-12-13(9-11)15(19)20-10-14(12)18/h5-6,9-10,21H,2-4,7-8H2,1H3. The number of benzene rings is 1. The minimum atomic E-state index is -3.97. The summed E-state index contributed by atoms with van der Waals surface area (Å²) in [6.45, 7) is 1.88. The number of fused-ring (bicyclic) bond motifs is 1. The Kier molecular flexibility index (Phi) is 5.44. The molecule has 1 heterocycles. The summed E-state index contributed by atoms with van der Waals surface area (Å²) >= 11 is 12.2. The number of hydrogen-bond acceptors (Lipinski definition) is 5. The van der Waals surface area contributed by atoms with Crippen molar-refractivity contribution in [2.45, 2.75) is 43.0 Å². The molecule has 140 valence electrons. The van der Waals surface area contributed by atoms with Gasteiger partial charge >= 0.3 is 5.97 Å². The molecule has 1 saturated carbocycles. The summed E-state index contributed by atoms with van der Waals surface area (Å²) in [5, 5.41) is 1.56. The van der Waals surface area contributed by atoms with Crippen molar-refractivity contribution in [3.05, 3.63) is 34.6 Å². The molecule has 1 N–H and O–H groups in total. The second-order valence-electron chi connectivity index (χ2n) is 6.22. The van der Waals surface area contributed by atoms with Crippen molar-refractivity contribution in [3.63, 3.8) is 0 Å². The Morgan fingerprint density at radius 1 is 1.27 bits per heavy atom. The van der Waals surface area contributed by atoms with Crippen LogP contribution in [-0.4, -0.2) is 31.5 Å². The van der Waals surface area contributed by atoms with Crippen LogP contribution in [0.4, 0.5) is 0 Å². The number of hydrogen-bond donors (Lipinski definition) is 1. The summed E-state index contributed by atoms with van der Waals surface area (Å²) in [6, 6.07) is 4.42. The minimum Gasteiger partial charge on any atom is -0.465 e. The van der Waals surface area contributed by atoms with Gasteiger partial charge in [0.05, 0.1) is 16.5 Å². The molecule has 0 radical (unpaired) electrons. The van der Waals surface area contributed by atoms with Gasteiger partial charge < -0.3 is 4.74 Å². The molecule has 3 rings (SSSR count). The first-order valence-electron chi connectivity index (χ1n) is 8.24. The van der Waals surface area contributed by atoms with Gasteiger partial charge in [-0.2, -0.15) is 4.72 Å². The number of rotatable bonds is 5. The van der Waals surface area contributed by atoms with Gasteiger partial charge in [0.1, 0.15) is 10.7 Å². The van der Waals surface area contributed by atoms with Crippen LogP contribution in [0, 0.1) is 0 Å². The lowest BCUT2D eigenvalue weighted by molar-refractivity contribution is -0.150. The van der Waals surface area contributed by atoms with Gasteiger partial charge in [-0.05, 0) is 31.9 Å². The Morgan fingerprint density at radius 3 is 2.62 bits per heavy atom. The van der Waals surface area contributed by atoms with Gasteiger partial charge in [0.2, 0.25) is 10.0 Å². The highest BCUT2D eigenvalue weighted by Gasteiger charge is 2.45. The van der Waals surface area contributed by atoms with E-state index in [0.717, 1.165) is 12.8 Å². The summed E-state index contributed by atoms with van der Waals surface area (Å²) in [5.41, 5.74) is -1.22. The van der Waals surface area contributed by atoms with E-state index in [0.29, 0.717) is 28.6 Å². The predicted molar refractivity (Wildman–Crippen MR) is 99.9 cm³/mol. The topological polar surface area (TPSA) is 85.4 Å². The number of ether oxygens (including phenoxy) is 1. The van der Waals surface area contributed by atoms with Crippen LogP contribution >= 0.6 is 23.2 Å². The molecular weight excluding hydrogens is 399 g/mol. The van der Waals surface area contributed by atoms with Gasteiger partial charge in [0, 0.05) is 17.0 Å². The SMILES string of the molecule is CCOC(=O)C1(NS(=O)(=O)c2ccc3c(Cl)cnc(Cl)c3c2)CCCC1. The van der Waals surface area contributed by atoms with E-state index in [1.807, 2.05) is 0 Å². The summed E-state index contributed by atoms with van der Waals surface area (Å²) in [4.78, 5) is 16.3. The summed E-state index contributed by atoms with van der Waals surface area (Å²) in [5.74, 6) is -0.537. The highest BCUT2D eigenvalue weighted by Crippen LogP contribution is 2.34. The maximum absolute atomic E-state index is 12.9. The molecule has 0 bridgehead atoms. The third-order valence-corrected chi connectivity index (χ3v) is 6.66. The zero-order chi connectivity index (χ0) is 18.9. The molecule has 0 saturated heterocycles. The Labute approximate surface area is 161 Å². The first-order chi connectivity index (χ1) is 12.3. The number of aromatic nitrogens is 1. The van der Waals surface area contributed by atoms with Crippen LogP contribution in [0.3, 0.4) is 0 Å². The quantitative estimate of drug-likeness (QED) is 0.593. The van der Waals surface area contributed by atoms with E-state index >= 15 is 0 Å². The van der Waals surface area contributed by atoms with E-state index in [4.69, 9.17) is 27.9 Å². The number of carbonyl (C=O) groups is 1. The normalized spacial score (nSPS) is 16.7. The Morgan fingerprint density at radius 2 is 1.96 bits per heavy atom. The monoisotopic (exact) mass is 416 g/mol. The largest absolute Gasteiger partial charge is 0.465 e. The van der Waals surface area contributed by atoms with Crippen LogP contribution in [0.15, 0.2) is 29.3 Å². The van der Waals surface area contributed by atoms with Crippen molar-refractivity contribution in [1.82, 2.24) is 9.71 Å². The van der Waals surface area contributed by atoms with Gasteiger partial charge in [0.25, 0.3) is 0 Å². The van der Waals surface area contributed by atoms with Gasteiger partial charge in [0.15, 0.2) is 0 Å². The molecule has 1 aliphatic rings. The Balaban J connectivity index is 2.01. The average molecular weight is 417 g/mol. The fraction of sp³-hybridized carbons (Fsp3) is 0.412. The third-order valence-electron chi connectivity index (χ3n) is 4.53. The van der Waals surface area contributed by atoms with E-state index in [2.05, 4.69) is 9.71 Å². The molecule has 0 unspecified atom stereocenters. The second-order valence-corrected chi connectivity index (χ2v) is 8.67. The smallest absolute Gasteiger partial charge is 0.327 e. The molecule has 1 aromatic heterocycles. The fourth-order valence-electron chi connectivity index (χ4n) is 3.23. The number of nitrogens with zero attached hydrogens (tertiary/aromatic N) is 1. The molecule has 0 atom stereocenters. The molecule has 0 aliphatic heterocycles. The van der Waals surface area contributed by atoms with E-state index in [1.54, 1.807) is 13.0 Å².